The van der Waals surface area contributed by atoms with Gasteiger partial charge in [0.2, 0.25) is 5.89 Å². The molecule has 3 aromatic carbocycles. The van der Waals surface area contributed by atoms with Crippen LogP contribution >= 0.6 is 0 Å². The van der Waals surface area contributed by atoms with Crippen LogP contribution in [0.1, 0.15) is 40.4 Å². The molecule has 2 amide bonds. The van der Waals surface area contributed by atoms with Crippen LogP contribution in [0.3, 0.4) is 0 Å². The minimum Gasteiger partial charge on any atom is -0.493 e. The van der Waals surface area contributed by atoms with Crippen molar-refractivity contribution in [2.24, 2.45) is 5.73 Å². The van der Waals surface area contributed by atoms with Gasteiger partial charge in [-0.05, 0) is 36.8 Å². The van der Waals surface area contributed by atoms with E-state index in [0.717, 1.165) is 11.6 Å². The van der Waals surface area contributed by atoms with Gasteiger partial charge in [-0.25, -0.2) is 18.6 Å². The Hall–Kier alpha value is -4.93. The molecular weight excluding hydrogens is 512 g/mol. The van der Waals surface area contributed by atoms with Crippen molar-refractivity contribution in [2.45, 2.75) is 26.2 Å². The van der Waals surface area contributed by atoms with Gasteiger partial charge in [-0.15, -0.1) is 0 Å². The highest BCUT2D eigenvalue weighted by Gasteiger charge is 2.27. The molecule has 9 nitrogen and oxygen atoms in total. The maximum atomic E-state index is 14.0. The van der Waals surface area contributed by atoms with E-state index in [0.29, 0.717) is 23.1 Å². The number of aromatic nitrogens is 1. The molecule has 0 aliphatic rings. The molecule has 4 rings (SSSR count). The van der Waals surface area contributed by atoms with Gasteiger partial charge in [-0.2, -0.15) is 0 Å². The number of hydrogen-bond acceptors (Lipinski definition) is 7. The van der Waals surface area contributed by atoms with Gasteiger partial charge >= 0.3 is 6.09 Å². The van der Waals surface area contributed by atoms with Gasteiger partial charge in [-0.3, -0.25) is 4.79 Å². The second-order valence-corrected chi connectivity index (χ2v) is 8.37. The fraction of sp³-hybridized carbons (Fsp3) is 0.179. The standard InChI is InChI=1S/C28H25F2N3O6/c1-16(38-28(31)35)25-24(26(34)32-14-19-8-10-20(29)13-21(19)30)33-27(39-25)18-9-11-22(36-2)23(12-18)37-15-17-6-4-3-5-7-17/h3-13,16H,14-15H2,1-2H3,(H2,31,35)(H,32,34). The van der Waals surface area contributed by atoms with Gasteiger partial charge in [0.05, 0.1) is 7.11 Å². The summed E-state index contributed by atoms with van der Waals surface area (Å²) >= 11 is 0. The molecule has 3 N–H and O–H groups in total. The van der Waals surface area contributed by atoms with E-state index in [1.54, 1.807) is 18.2 Å². The van der Waals surface area contributed by atoms with Crippen molar-refractivity contribution in [1.82, 2.24) is 10.3 Å². The van der Waals surface area contributed by atoms with Gasteiger partial charge in [0, 0.05) is 23.7 Å². The largest absolute Gasteiger partial charge is 0.493 e. The van der Waals surface area contributed by atoms with E-state index in [4.69, 9.17) is 24.4 Å². The lowest BCUT2D eigenvalue weighted by atomic mass is 10.2. The Morgan fingerprint density at radius 3 is 2.51 bits per heavy atom. The average Bonchev–Trinajstić information content (AvgIpc) is 3.37. The van der Waals surface area contributed by atoms with Crippen molar-refractivity contribution in [3.05, 3.63) is 101 Å². The third kappa shape index (κ3) is 6.69. The van der Waals surface area contributed by atoms with Crippen molar-refractivity contribution >= 4 is 12.0 Å². The Morgan fingerprint density at radius 1 is 1.05 bits per heavy atom. The van der Waals surface area contributed by atoms with Crippen LogP contribution in [0.4, 0.5) is 13.6 Å². The number of primary amides is 1. The van der Waals surface area contributed by atoms with E-state index in [9.17, 15) is 18.4 Å². The van der Waals surface area contributed by atoms with Crippen LogP contribution in [0.15, 0.2) is 71.1 Å². The number of carbonyl (C=O) groups excluding carboxylic acids is 2. The second-order valence-electron chi connectivity index (χ2n) is 8.37. The highest BCUT2D eigenvalue weighted by Crippen LogP contribution is 2.35. The molecule has 0 saturated carbocycles. The summed E-state index contributed by atoms with van der Waals surface area (Å²) in [6.45, 7) is 1.47. The summed E-state index contributed by atoms with van der Waals surface area (Å²) in [6.07, 6.45) is -2.15. The van der Waals surface area contributed by atoms with Crippen LogP contribution < -0.4 is 20.5 Å². The molecule has 39 heavy (non-hydrogen) atoms. The maximum Gasteiger partial charge on any atom is 0.405 e. The molecule has 0 bridgehead atoms. The van der Waals surface area contributed by atoms with Gasteiger partial charge < -0.3 is 29.7 Å². The number of halogens is 2. The summed E-state index contributed by atoms with van der Waals surface area (Å²) in [5, 5.41) is 2.52. The number of nitrogens with zero attached hydrogens (tertiary/aromatic N) is 1. The van der Waals surface area contributed by atoms with E-state index in [2.05, 4.69) is 10.3 Å². The number of hydrogen-bond donors (Lipinski definition) is 2. The van der Waals surface area contributed by atoms with E-state index < -0.39 is 29.7 Å². The molecule has 1 aromatic heterocycles. The number of carbonyl (C=O) groups is 2. The maximum absolute atomic E-state index is 14.0. The van der Waals surface area contributed by atoms with Crippen molar-refractivity contribution in [3.63, 3.8) is 0 Å². The van der Waals surface area contributed by atoms with Crippen molar-refractivity contribution in [2.75, 3.05) is 7.11 Å². The Kier molecular flexibility index (Phi) is 8.40. The molecule has 0 aliphatic carbocycles. The first-order valence-electron chi connectivity index (χ1n) is 11.8. The Balaban J connectivity index is 1.63. The van der Waals surface area contributed by atoms with Crippen LogP contribution in [0.5, 0.6) is 11.5 Å². The van der Waals surface area contributed by atoms with Crippen molar-refractivity contribution in [3.8, 4) is 23.0 Å². The van der Waals surface area contributed by atoms with Gasteiger partial charge in [0.25, 0.3) is 5.91 Å². The number of oxazole rings is 1. The molecule has 4 aromatic rings. The molecule has 11 heteroatoms. The number of ether oxygens (including phenoxy) is 3. The van der Waals surface area contributed by atoms with Gasteiger partial charge in [0.1, 0.15) is 18.2 Å². The molecule has 0 spiro atoms. The molecule has 1 heterocycles. The first-order valence-corrected chi connectivity index (χ1v) is 11.8. The first-order chi connectivity index (χ1) is 18.7. The van der Waals surface area contributed by atoms with Crippen LogP contribution in [0.25, 0.3) is 11.5 Å². The quantitative estimate of drug-likeness (QED) is 0.281. The minimum atomic E-state index is -1.08. The number of methoxy groups -OCH3 is 1. The van der Waals surface area contributed by atoms with Crippen LogP contribution in [0.2, 0.25) is 0 Å². The lowest BCUT2D eigenvalue weighted by Gasteiger charge is -2.12. The van der Waals surface area contributed by atoms with Crippen LogP contribution in [-0.2, 0) is 17.9 Å². The minimum absolute atomic E-state index is 0.0234. The monoisotopic (exact) mass is 537 g/mol. The summed E-state index contributed by atoms with van der Waals surface area (Å²) in [5.41, 5.74) is 6.38. The second kappa shape index (κ2) is 12.1. The number of nitrogens with two attached hydrogens (primary N) is 1. The predicted octanol–water partition coefficient (Wildman–Crippen LogP) is 5.29. The van der Waals surface area contributed by atoms with Crippen molar-refractivity contribution in [1.29, 1.82) is 0 Å². The summed E-state index contributed by atoms with van der Waals surface area (Å²) in [4.78, 5) is 28.7. The smallest absolute Gasteiger partial charge is 0.405 e. The third-order valence-corrected chi connectivity index (χ3v) is 5.63. The van der Waals surface area contributed by atoms with Gasteiger partial charge in [-0.1, -0.05) is 36.4 Å². The summed E-state index contributed by atoms with van der Waals surface area (Å²) in [5.74, 6) is -1.49. The number of nitrogens with one attached hydrogen (secondary N) is 1. The Bertz CT molecular complexity index is 1480. The molecule has 0 saturated heterocycles. The number of amides is 2. The van der Waals surface area contributed by atoms with E-state index in [1.807, 2.05) is 30.3 Å². The topological polar surface area (TPSA) is 126 Å². The predicted molar refractivity (Wildman–Crippen MR) is 136 cm³/mol. The van der Waals surface area contributed by atoms with Crippen LogP contribution in [0, 0.1) is 11.6 Å². The van der Waals surface area contributed by atoms with E-state index in [1.165, 1.54) is 20.1 Å². The molecular formula is C28H25F2N3O6. The average molecular weight is 538 g/mol. The van der Waals surface area contributed by atoms with Gasteiger partial charge in [0.15, 0.2) is 29.1 Å². The van der Waals surface area contributed by atoms with E-state index in [-0.39, 0.29) is 36.1 Å². The lowest BCUT2D eigenvalue weighted by molar-refractivity contribution is 0.0904. The molecule has 1 atom stereocenters. The molecule has 0 radical (unpaired) electrons. The van der Waals surface area contributed by atoms with E-state index >= 15 is 0 Å². The normalized spacial score (nSPS) is 11.5. The number of rotatable bonds is 10. The highest BCUT2D eigenvalue weighted by molar-refractivity contribution is 5.94. The summed E-state index contributed by atoms with van der Waals surface area (Å²) < 4.78 is 49.4. The molecule has 202 valence electrons. The molecule has 0 aliphatic heterocycles. The van der Waals surface area contributed by atoms with Crippen molar-refractivity contribution < 1.29 is 37.0 Å². The SMILES string of the molecule is COc1ccc(-c2nc(C(=O)NCc3ccc(F)cc3F)c(C(C)OC(N)=O)o2)cc1OCc1ccccc1. The Labute approximate surface area is 222 Å². The molecule has 0 fully saturated rings. The zero-order chi connectivity index (χ0) is 27.9. The fourth-order valence-corrected chi connectivity index (χ4v) is 3.70. The zero-order valence-corrected chi connectivity index (χ0v) is 21.1. The summed E-state index contributed by atoms with van der Waals surface area (Å²) in [7, 11) is 1.50. The summed E-state index contributed by atoms with van der Waals surface area (Å²) in [6, 6.07) is 17.5. The third-order valence-electron chi connectivity index (χ3n) is 5.63. The van der Waals surface area contributed by atoms with Crippen LogP contribution in [-0.4, -0.2) is 24.1 Å². The highest BCUT2D eigenvalue weighted by atomic mass is 19.1. The fourth-order valence-electron chi connectivity index (χ4n) is 3.70. The zero-order valence-electron chi connectivity index (χ0n) is 21.1. The number of benzene rings is 3. The molecule has 1 unspecified atom stereocenters. The first kappa shape index (κ1) is 27.1. The Morgan fingerprint density at radius 2 is 1.82 bits per heavy atom. The lowest BCUT2D eigenvalue weighted by Crippen LogP contribution is -2.26.